The molecule has 4 rings (SSSR count). The normalized spacial score (nSPS) is 15.1. The predicted molar refractivity (Wildman–Crippen MR) is 132 cm³/mol. The molecule has 0 fully saturated rings. The fraction of sp³-hybridized carbons (Fsp3) is 0.192. The van der Waals surface area contributed by atoms with Crippen molar-refractivity contribution in [3.05, 3.63) is 90.5 Å². The second kappa shape index (κ2) is 9.61. The average Bonchev–Trinajstić information content (AvgIpc) is 2.82. The molecule has 8 heteroatoms. The van der Waals surface area contributed by atoms with Gasteiger partial charge in [0.1, 0.15) is 18.1 Å². The fourth-order valence-electron chi connectivity index (χ4n) is 3.60. The lowest BCUT2D eigenvalue weighted by Gasteiger charge is -2.35. The topological polar surface area (TPSA) is 84.9 Å². The fourth-order valence-corrected chi connectivity index (χ4v) is 5.08. The number of carbonyl (C=O) groups excluding carboxylic acids is 1. The van der Waals surface area contributed by atoms with Gasteiger partial charge >= 0.3 is 0 Å². The first-order chi connectivity index (χ1) is 16.3. The number of rotatable bonds is 7. The van der Waals surface area contributed by atoms with Gasteiger partial charge in [0.25, 0.3) is 15.9 Å². The standard InChI is InChI=1S/C26H26N2O5S/c1-4-14-32-21-7-5-6-20(16-21)27-26(29)25-17-28(23-13-10-19(3)15-24(23)33-25)34(30,31)22-11-8-18(2)9-12-22/h4-13,15-16,25H,1,14,17H2,2-3H3,(H,27,29)/t25-/m0/s1. The molecule has 0 aromatic heterocycles. The molecule has 7 nitrogen and oxygen atoms in total. The molecule has 1 N–H and O–H groups in total. The van der Waals surface area contributed by atoms with Crippen LogP contribution in [0.25, 0.3) is 0 Å². The summed E-state index contributed by atoms with van der Waals surface area (Å²) in [4.78, 5) is 13.3. The van der Waals surface area contributed by atoms with Crippen LogP contribution < -0.4 is 19.1 Å². The third-order valence-corrected chi connectivity index (χ3v) is 7.15. The Morgan fingerprint density at radius 2 is 1.85 bits per heavy atom. The Morgan fingerprint density at radius 3 is 2.59 bits per heavy atom. The van der Waals surface area contributed by atoms with E-state index in [0.29, 0.717) is 29.5 Å². The Labute approximate surface area is 199 Å². The van der Waals surface area contributed by atoms with E-state index in [9.17, 15) is 13.2 Å². The van der Waals surface area contributed by atoms with Crippen molar-refractivity contribution in [3.63, 3.8) is 0 Å². The van der Waals surface area contributed by atoms with Crippen LogP contribution in [0.15, 0.2) is 84.3 Å². The second-order valence-electron chi connectivity index (χ2n) is 8.04. The largest absolute Gasteiger partial charge is 0.489 e. The van der Waals surface area contributed by atoms with Crippen LogP contribution >= 0.6 is 0 Å². The number of hydrogen-bond acceptors (Lipinski definition) is 5. The quantitative estimate of drug-likeness (QED) is 0.507. The van der Waals surface area contributed by atoms with Gasteiger partial charge in [-0.05, 0) is 55.8 Å². The van der Waals surface area contributed by atoms with Crippen LogP contribution in [0.2, 0.25) is 0 Å². The first kappa shape index (κ1) is 23.4. The van der Waals surface area contributed by atoms with Crippen LogP contribution in [-0.2, 0) is 14.8 Å². The second-order valence-corrected chi connectivity index (χ2v) is 9.91. The molecule has 0 saturated carbocycles. The molecule has 3 aromatic rings. The van der Waals surface area contributed by atoms with E-state index in [1.165, 1.54) is 4.31 Å². The average molecular weight is 479 g/mol. The van der Waals surface area contributed by atoms with Crippen molar-refractivity contribution in [2.45, 2.75) is 24.8 Å². The summed E-state index contributed by atoms with van der Waals surface area (Å²) >= 11 is 0. The van der Waals surface area contributed by atoms with Crippen LogP contribution in [0.4, 0.5) is 11.4 Å². The molecule has 0 spiro atoms. The van der Waals surface area contributed by atoms with E-state index in [1.54, 1.807) is 66.7 Å². The smallest absolute Gasteiger partial charge is 0.267 e. The zero-order valence-corrected chi connectivity index (χ0v) is 19.8. The molecule has 0 bridgehead atoms. The van der Waals surface area contributed by atoms with Gasteiger partial charge in [0.2, 0.25) is 0 Å². The highest BCUT2D eigenvalue weighted by atomic mass is 32.2. The number of benzene rings is 3. The Kier molecular flexibility index (Phi) is 6.61. The van der Waals surface area contributed by atoms with Gasteiger partial charge in [-0.25, -0.2) is 8.42 Å². The van der Waals surface area contributed by atoms with Crippen LogP contribution in [0.1, 0.15) is 11.1 Å². The van der Waals surface area contributed by atoms with Gasteiger partial charge in [-0.3, -0.25) is 9.10 Å². The van der Waals surface area contributed by atoms with E-state index >= 15 is 0 Å². The molecule has 0 unspecified atom stereocenters. The Morgan fingerprint density at radius 1 is 1.12 bits per heavy atom. The van der Waals surface area contributed by atoms with E-state index in [0.717, 1.165) is 11.1 Å². The van der Waals surface area contributed by atoms with Gasteiger partial charge in [-0.1, -0.05) is 42.5 Å². The maximum Gasteiger partial charge on any atom is 0.267 e. The van der Waals surface area contributed by atoms with Crippen molar-refractivity contribution in [1.29, 1.82) is 0 Å². The highest BCUT2D eigenvalue weighted by Gasteiger charge is 2.37. The Balaban J connectivity index is 1.63. The molecule has 0 radical (unpaired) electrons. The Hall–Kier alpha value is -3.78. The van der Waals surface area contributed by atoms with E-state index in [4.69, 9.17) is 9.47 Å². The van der Waals surface area contributed by atoms with E-state index in [2.05, 4.69) is 11.9 Å². The third-order valence-electron chi connectivity index (χ3n) is 5.36. The number of nitrogens with zero attached hydrogens (tertiary/aromatic N) is 1. The minimum Gasteiger partial charge on any atom is -0.489 e. The molecule has 34 heavy (non-hydrogen) atoms. The summed E-state index contributed by atoms with van der Waals surface area (Å²) in [6.45, 7) is 7.56. The molecule has 1 aliphatic heterocycles. The minimum atomic E-state index is -3.92. The number of aryl methyl sites for hydroxylation is 2. The van der Waals surface area contributed by atoms with Gasteiger partial charge in [0.15, 0.2) is 6.10 Å². The van der Waals surface area contributed by atoms with Gasteiger partial charge in [-0.2, -0.15) is 0 Å². The van der Waals surface area contributed by atoms with Gasteiger partial charge in [-0.15, -0.1) is 0 Å². The predicted octanol–water partition coefficient (Wildman–Crippen LogP) is 4.46. The molecule has 1 atom stereocenters. The lowest BCUT2D eigenvalue weighted by atomic mass is 10.1. The van der Waals surface area contributed by atoms with Crippen LogP contribution in [0, 0.1) is 13.8 Å². The molecule has 1 amide bonds. The molecule has 0 aliphatic carbocycles. The third kappa shape index (κ3) is 4.92. The summed E-state index contributed by atoms with van der Waals surface area (Å²) in [7, 11) is -3.92. The number of fused-ring (bicyclic) bond motifs is 1. The van der Waals surface area contributed by atoms with Gasteiger partial charge < -0.3 is 14.8 Å². The van der Waals surface area contributed by atoms with E-state index in [1.807, 2.05) is 19.9 Å². The first-order valence-electron chi connectivity index (χ1n) is 10.8. The molecule has 1 aliphatic rings. The van der Waals surface area contributed by atoms with Crippen molar-refractivity contribution >= 4 is 27.3 Å². The maximum absolute atomic E-state index is 13.5. The first-order valence-corrected chi connectivity index (χ1v) is 12.2. The monoisotopic (exact) mass is 478 g/mol. The number of sulfonamides is 1. The van der Waals surface area contributed by atoms with Crippen molar-refractivity contribution in [2.24, 2.45) is 0 Å². The van der Waals surface area contributed by atoms with Crippen molar-refractivity contribution in [2.75, 3.05) is 22.8 Å². The highest BCUT2D eigenvalue weighted by Crippen LogP contribution is 2.38. The van der Waals surface area contributed by atoms with Crippen molar-refractivity contribution in [3.8, 4) is 11.5 Å². The summed E-state index contributed by atoms with van der Waals surface area (Å²) in [5.41, 5.74) is 2.75. The Bertz CT molecular complexity index is 1320. The van der Waals surface area contributed by atoms with Gasteiger partial charge in [0, 0.05) is 11.8 Å². The summed E-state index contributed by atoms with van der Waals surface area (Å²) in [5.74, 6) is 0.453. The molecule has 3 aromatic carbocycles. The lowest BCUT2D eigenvalue weighted by Crippen LogP contribution is -2.48. The molecular formula is C26H26N2O5S. The zero-order chi connectivity index (χ0) is 24.3. The van der Waals surface area contributed by atoms with Crippen molar-refractivity contribution < 1.29 is 22.7 Å². The summed E-state index contributed by atoms with van der Waals surface area (Å²) in [6.07, 6.45) is 0.580. The van der Waals surface area contributed by atoms with Crippen LogP contribution in [-0.4, -0.2) is 33.6 Å². The summed E-state index contributed by atoms with van der Waals surface area (Å²) in [5, 5.41) is 2.80. The lowest BCUT2D eigenvalue weighted by molar-refractivity contribution is -0.122. The SMILES string of the molecule is C=CCOc1cccc(NC(=O)[C@@H]2CN(S(=O)(=O)c3ccc(C)cc3)c3ccc(C)cc3O2)c1. The number of anilines is 2. The molecule has 1 heterocycles. The van der Waals surface area contributed by atoms with Crippen molar-refractivity contribution in [1.82, 2.24) is 0 Å². The van der Waals surface area contributed by atoms with Crippen LogP contribution in [0.3, 0.4) is 0 Å². The number of hydrogen-bond donors (Lipinski definition) is 1. The van der Waals surface area contributed by atoms with E-state index < -0.39 is 22.0 Å². The maximum atomic E-state index is 13.5. The highest BCUT2D eigenvalue weighted by molar-refractivity contribution is 7.92. The van der Waals surface area contributed by atoms with Crippen LogP contribution in [0.5, 0.6) is 11.5 Å². The summed E-state index contributed by atoms with van der Waals surface area (Å²) < 4.78 is 39.8. The molecule has 176 valence electrons. The van der Waals surface area contributed by atoms with E-state index in [-0.39, 0.29) is 11.4 Å². The zero-order valence-electron chi connectivity index (χ0n) is 19.0. The number of amides is 1. The number of carbonyl (C=O) groups is 1. The number of ether oxygens (including phenoxy) is 2. The summed E-state index contributed by atoms with van der Waals surface area (Å²) in [6, 6.07) is 18.8. The number of nitrogens with one attached hydrogen (secondary N) is 1. The minimum absolute atomic E-state index is 0.151. The molecule has 0 saturated heterocycles. The van der Waals surface area contributed by atoms with Gasteiger partial charge in [0.05, 0.1) is 17.1 Å². The molecular weight excluding hydrogens is 452 g/mol.